The molecule has 0 bridgehead atoms. The molecule has 0 unspecified atom stereocenters. The average molecular weight is 418 g/mol. The summed E-state index contributed by atoms with van der Waals surface area (Å²) in [4.78, 5) is 25.1. The number of hydrogen-bond donors (Lipinski definition) is 2. The topological polar surface area (TPSA) is 100 Å². The number of methoxy groups -OCH3 is 2. The van der Waals surface area contributed by atoms with Crippen molar-refractivity contribution < 1.29 is 19.1 Å². The van der Waals surface area contributed by atoms with Gasteiger partial charge in [-0.15, -0.1) is 0 Å². The zero-order valence-corrected chi connectivity index (χ0v) is 16.2. The lowest BCUT2D eigenvalue weighted by Gasteiger charge is -2.11. The van der Waals surface area contributed by atoms with Crippen LogP contribution in [0.3, 0.4) is 0 Å². The summed E-state index contributed by atoms with van der Waals surface area (Å²) >= 11 is 12.1. The Balaban J connectivity index is 2.02. The van der Waals surface area contributed by atoms with E-state index in [0.717, 1.165) is 0 Å². The lowest BCUT2D eigenvalue weighted by atomic mass is 10.0. The summed E-state index contributed by atoms with van der Waals surface area (Å²) in [5.41, 5.74) is 0.488. The van der Waals surface area contributed by atoms with E-state index in [1.807, 2.05) is 0 Å². The number of ether oxygens (including phenoxy) is 2. The zero-order chi connectivity index (χ0) is 20.4. The van der Waals surface area contributed by atoms with Crippen molar-refractivity contribution in [1.82, 2.24) is 0 Å². The van der Waals surface area contributed by atoms with E-state index in [0.29, 0.717) is 28.4 Å². The maximum Gasteiger partial charge on any atom is 0.267 e. The van der Waals surface area contributed by atoms with Crippen LogP contribution in [-0.2, 0) is 9.59 Å². The SMILES string of the molecule is COc1ccc(NC(=O)/C(C#N)=C2/C(=O)Nc3c(Cl)cc(Cl)cc32)cc1OC. The Morgan fingerprint density at radius 3 is 2.50 bits per heavy atom. The first-order valence-corrected chi connectivity index (χ1v) is 8.63. The van der Waals surface area contributed by atoms with Gasteiger partial charge in [0.25, 0.3) is 11.8 Å². The van der Waals surface area contributed by atoms with Crippen molar-refractivity contribution in [3.05, 3.63) is 51.5 Å². The fourth-order valence-electron chi connectivity index (χ4n) is 2.77. The average Bonchev–Trinajstić information content (AvgIpc) is 2.99. The molecule has 0 radical (unpaired) electrons. The lowest BCUT2D eigenvalue weighted by Crippen LogP contribution is -2.17. The molecule has 0 fully saturated rings. The van der Waals surface area contributed by atoms with Gasteiger partial charge < -0.3 is 20.1 Å². The summed E-state index contributed by atoms with van der Waals surface area (Å²) in [6.45, 7) is 0. The molecule has 0 saturated carbocycles. The van der Waals surface area contributed by atoms with E-state index in [-0.39, 0.29) is 21.2 Å². The van der Waals surface area contributed by atoms with E-state index in [9.17, 15) is 14.9 Å². The normalized spacial score (nSPS) is 13.9. The molecule has 9 heteroatoms. The monoisotopic (exact) mass is 417 g/mol. The van der Waals surface area contributed by atoms with Crippen molar-refractivity contribution in [3.8, 4) is 17.6 Å². The molecule has 0 aromatic heterocycles. The highest BCUT2D eigenvalue weighted by atomic mass is 35.5. The number of nitrogens with one attached hydrogen (secondary N) is 2. The van der Waals surface area contributed by atoms with Crippen LogP contribution in [0.1, 0.15) is 5.56 Å². The summed E-state index contributed by atoms with van der Waals surface area (Å²) in [6.07, 6.45) is 0. The molecule has 28 heavy (non-hydrogen) atoms. The summed E-state index contributed by atoms with van der Waals surface area (Å²) in [5.74, 6) is -0.497. The van der Waals surface area contributed by atoms with E-state index >= 15 is 0 Å². The van der Waals surface area contributed by atoms with Gasteiger partial charge in [0, 0.05) is 22.3 Å². The predicted octanol–water partition coefficient (Wildman–Crippen LogP) is 3.88. The molecule has 1 heterocycles. The second kappa shape index (κ2) is 7.80. The van der Waals surface area contributed by atoms with Gasteiger partial charge in [-0.1, -0.05) is 23.2 Å². The Labute approximate surface area is 170 Å². The second-order valence-corrected chi connectivity index (χ2v) is 6.49. The molecule has 0 saturated heterocycles. The number of anilines is 2. The zero-order valence-electron chi connectivity index (χ0n) is 14.7. The first kappa shape index (κ1) is 19.5. The predicted molar refractivity (Wildman–Crippen MR) is 106 cm³/mol. The van der Waals surface area contributed by atoms with Crippen LogP contribution in [0.15, 0.2) is 35.9 Å². The summed E-state index contributed by atoms with van der Waals surface area (Å²) < 4.78 is 10.3. The number of benzene rings is 2. The Bertz CT molecular complexity index is 1070. The number of rotatable bonds is 4. The molecular formula is C19H13Cl2N3O4. The van der Waals surface area contributed by atoms with Crippen LogP contribution in [0.2, 0.25) is 10.0 Å². The molecule has 3 rings (SSSR count). The molecular weight excluding hydrogens is 405 g/mol. The van der Waals surface area contributed by atoms with Gasteiger partial charge in [-0.3, -0.25) is 9.59 Å². The number of nitrogens with zero attached hydrogens (tertiary/aromatic N) is 1. The van der Waals surface area contributed by atoms with E-state index in [4.69, 9.17) is 32.7 Å². The molecule has 1 aliphatic heterocycles. The largest absolute Gasteiger partial charge is 0.493 e. The van der Waals surface area contributed by atoms with E-state index < -0.39 is 11.8 Å². The van der Waals surface area contributed by atoms with Crippen LogP contribution in [-0.4, -0.2) is 26.0 Å². The maximum atomic E-state index is 12.7. The van der Waals surface area contributed by atoms with Gasteiger partial charge in [-0.05, 0) is 24.3 Å². The molecule has 2 aromatic carbocycles. The minimum absolute atomic E-state index is 0.0973. The van der Waals surface area contributed by atoms with Gasteiger partial charge in [-0.2, -0.15) is 5.26 Å². The van der Waals surface area contributed by atoms with E-state index in [2.05, 4.69) is 10.6 Å². The smallest absolute Gasteiger partial charge is 0.267 e. The van der Waals surface area contributed by atoms with Gasteiger partial charge in [0.15, 0.2) is 11.5 Å². The lowest BCUT2D eigenvalue weighted by molar-refractivity contribution is -0.113. The minimum Gasteiger partial charge on any atom is -0.493 e. The van der Waals surface area contributed by atoms with Gasteiger partial charge >= 0.3 is 0 Å². The van der Waals surface area contributed by atoms with Gasteiger partial charge in [0.05, 0.1) is 30.5 Å². The van der Waals surface area contributed by atoms with Crippen molar-refractivity contribution in [2.75, 3.05) is 24.9 Å². The number of amides is 2. The van der Waals surface area contributed by atoms with Crippen LogP contribution in [0.4, 0.5) is 11.4 Å². The fraction of sp³-hybridized carbons (Fsp3) is 0.105. The van der Waals surface area contributed by atoms with Crippen LogP contribution in [0.5, 0.6) is 11.5 Å². The second-order valence-electron chi connectivity index (χ2n) is 5.65. The van der Waals surface area contributed by atoms with Gasteiger partial charge in [-0.25, -0.2) is 0 Å². The third-order valence-corrected chi connectivity index (χ3v) is 4.54. The maximum absolute atomic E-state index is 12.7. The van der Waals surface area contributed by atoms with E-state index in [1.54, 1.807) is 18.2 Å². The number of carbonyl (C=O) groups is 2. The van der Waals surface area contributed by atoms with Crippen molar-refractivity contribution in [2.45, 2.75) is 0 Å². The summed E-state index contributed by atoms with van der Waals surface area (Å²) in [5, 5.41) is 15.2. The van der Waals surface area contributed by atoms with Crippen molar-refractivity contribution >= 4 is 52.0 Å². The summed E-state index contributed by atoms with van der Waals surface area (Å²) in [6, 6.07) is 9.43. The third-order valence-electron chi connectivity index (χ3n) is 4.02. The molecule has 0 aliphatic carbocycles. The number of nitriles is 1. The van der Waals surface area contributed by atoms with Crippen LogP contribution < -0.4 is 20.1 Å². The highest BCUT2D eigenvalue weighted by Crippen LogP contribution is 2.41. The molecule has 1 aliphatic rings. The number of fused-ring (bicyclic) bond motifs is 1. The number of carbonyl (C=O) groups excluding carboxylic acids is 2. The number of halogens is 2. The Kier molecular flexibility index (Phi) is 5.45. The standard InChI is InChI=1S/C19H13Cl2N3O4/c1-27-14-4-3-10(7-15(14)28-2)23-18(25)12(8-22)16-11-5-9(20)6-13(21)17(11)24-19(16)26/h3-7H,1-2H3,(H,23,25)(H,24,26)/b16-12+. The number of hydrogen-bond acceptors (Lipinski definition) is 5. The van der Waals surface area contributed by atoms with Crippen molar-refractivity contribution in [2.24, 2.45) is 0 Å². The minimum atomic E-state index is -0.760. The van der Waals surface area contributed by atoms with Gasteiger partial charge in [0.2, 0.25) is 0 Å². The first-order chi connectivity index (χ1) is 13.4. The molecule has 0 atom stereocenters. The Morgan fingerprint density at radius 2 is 1.86 bits per heavy atom. The molecule has 2 N–H and O–H groups in total. The molecule has 7 nitrogen and oxygen atoms in total. The van der Waals surface area contributed by atoms with Crippen LogP contribution >= 0.6 is 23.2 Å². The van der Waals surface area contributed by atoms with Crippen LogP contribution in [0.25, 0.3) is 5.57 Å². The quantitative estimate of drug-likeness (QED) is 0.580. The Hall–Kier alpha value is -3.21. The first-order valence-electron chi connectivity index (χ1n) is 7.88. The van der Waals surface area contributed by atoms with Crippen molar-refractivity contribution in [3.63, 3.8) is 0 Å². The third kappa shape index (κ3) is 3.48. The highest BCUT2D eigenvalue weighted by molar-refractivity contribution is 6.43. The molecule has 2 aromatic rings. The fourth-order valence-corrected chi connectivity index (χ4v) is 3.31. The molecule has 142 valence electrons. The van der Waals surface area contributed by atoms with Crippen molar-refractivity contribution in [1.29, 1.82) is 5.26 Å². The molecule has 0 spiro atoms. The Morgan fingerprint density at radius 1 is 1.14 bits per heavy atom. The molecule has 2 amide bonds. The highest BCUT2D eigenvalue weighted by Gasteiger charge is 2.32. The van der Waals surface area contributed by atoms with E-state index in [1.165, 1.54) is 32.4 Å². The van der Waals surface area contributed by atoms with Crippen LogP contribution in [0, 0.1) is 11.3 Å². The van der Waals surface area contributed by atoms with Gasteiger partial charge in [0.1, 0.15) is 11.6 Å². The summed E-state index contributed by atoms with van der Waals surface area (Å²) in [7, 11) is 2.94.